The Morgan fingerprint density at radius 2 is 2.35 bits per heavy atom. The predicted octanol–water partition coefficient (Wildman–Crippen LogP) is -0.463. The molecule has 2 aromatic rings. The number of nitrogens with one attached hydrogen (secondary N) is 1. The maximum atomic E-state index is 12.2. The molecule has 0 radical (unpaired) electrons. The Balaban J connectivity index is 1.56. The Bertz CT molecular complexity index is 667. The molecule has 3 heterocycles. The molecule has 124 valence electrons. The lowest BCUT2D eigenvalue weighted by atomic mass is 10.2. The number of amides is 1. The van der Waals surface area contributed by atoms with Crippen LogP contribution in [0.2, 0.25) is 0 Å². The highest BCUT2D eigenvalue weighted by Gasteiger charge is 2.31. The normalized spacial score (nSPS) is 20.6. The van der Waals surface area contributed by atoms with Crippen LogP contribution in [0, 0.1) is 0 Å². The van der Waals surface area contributed by atoms with Crippen molar-refractivity contribution in [1.82, 2.24) is 30.1 Å². The van der Waals surface area contributed by atoms with E-state index in [9.17, 15) is 4.79 Å². The fraction of sp³-hybridized carbons (Fsp3) is 0.571. The Hall–Kier alpha value is -2.42. The van der Waals surface area contributed by atoms with E-state index in [1.165, 1.54) is 0 Å². The van der Waals surface area contributed by atoms with Gasteiger partial charge in [0.25, 0.3) is 0 Å². The fourth-order valence-corrected chi connectivity index (χ4v) is 2.43. The van der Waals surface area contributed by atoms with Gasteiger partial charge in [-0.25, -0.2) is 0 Å². The lowest BCUT2D eigenvalue weighted by Crippen LogP contribution is -2.45. The third-order valence-corrected chi connectivity index (χ3v) is 3.75. The number of aryl methyl sites for hydroxylation is 2. The molecule has 1 aliphatic rings. The molecular weight excluding hydrogens is 300 g/mol. The van der Waals surface area contributed by atoms with Crippen LogP contribution >= 0.6 is 0 Å². The summed E-state index contributed by atoms with van der Waals surface area (Å²) in [4.78, 5) is 12.2. The summed E-state index contributed by atoms with van der Waals surface area (Å²) in [6, 6.07) is -0.186. The molecule has 0 unspecified atom stereocenters. The van der Waals surface area contributed by atoms with Crippen molar-refractivity contribution in [2.75, 3.05) is 13.2 Å². The molecule has 3 rings (SSSR count). The number of ether oxygens (including phenoxy) is 2. The summed E-state index contributed by atoms with van der Waals surface area (Å²) in [6.45, 7) is 3.66. The van der Waals surface area contributed by atoms with E-state index in [1.807, 2.05) is 13.1 Å². The molecule has 23 heavy (non-hydrogen) atoms. The van der Waals surface area contributed by atoms with Gasteiger partial charge in [0.15, 0.2) is 5.75 Å². The van der Waals surface area contributed by atoms with Crippen LogP contribution in [0.25, 0.3) is 0 Å². The van der Waals surface area contributed by atoms with Crippen molar-refractivity contribution >= 4 is 5.91 Å². The topological polar surface area (TPSA) is 96.1 Å². The number of hydrogen-bond donors (Lipinski definition) is 1. The number of carbonyl (C=O) groups is 1. The number of carbonyl (C=O) groups excluding carboxylic acids is 1. The van der Waals surface area contributed by atoms with Crippen molar-refractivity contribution in [2.45, 2.75) is 32.0 Å². The zero-order valence-corrected chi connectivity index (χ0v) is 13.2. The first-order valence-corrected chi connectivity index (χ1v) is 7.55. The van der Waals surface area contributed by atoms with Crippen molar-refractivity contribution in [3.63, 3.8) is 0 Å². The first-order valence-electron chi connectivity index (χ1n) is 7.55. The SMILES string of the molecule is CCn1cc(O[C@@H]2COC[C@@H]2NC(=O)Cc2cnnn2C)cn1. The molecule has 9 nitrogen and oxygen atoms in total. The predicted molar refractivity (Wildman–Crippen MR) is 79.8 cm³/mol. The maximum absolute atomic E-state index is 12.2. The van der Waals surface area contributed by atoms with Gasteiger partial charge in [-0.3, -0.25) is 14.2 Å². The van der Waals surface area contributed by atoms with Gasteiger partial charge in [0, 0.05) is 13.6 Å². The molecule has 1 fully saturated rings. The van der Waals surface area contributed by atoms with E-state index in [4.69, 9.17) is 9.47 Å². The molecule has 0 bridgehead atoms. The minimum absolute atomic E-state index is 0.108. The zero-order valence-electron chi connectivity index (χ0n) is 13.2. The van der Waals surface area contributed by atoms with E-state index < -0.39 is 0 Å². The van der Waals surface area contributed by atoms with Crippen LogP contribution in [0.4, 0.5) is 0 Å². The van der Waals surface area contributed by atoms with E-state index in [1.54, 1.807) is 28.8 Å². The molecule has 9 heteroatoms. The van der Waals surface area contributed by atoms with E-state index in [-0.39, 0.29) is 24.5 Å². The standard InChI is InChI=1S/C14H20N6O3/c1-3-20-7-11(6-16-20)23-13-9-22-8-12(13)17-14(21)4-10-5-15-18-19(10)2/h5-7,12-13H,3-4,8-9H2,1-2H3,(H,17,21)/t12-,13+/m0/s1. The largest absolute Gasteiger partial charge is 0.482 e. The van der Waals surface area contributed by atoms with Crippen LogP contribution in [0.15, 0.2) is 18.6 Å². The van der Waals surface area contributed by atoms with Crippen molar-refractivity contribution in [3.05, 3.63) is 24.3 Å². The average molecular weight is 320 g/mol. The Kier molecular flexibility index (Phi) is 4.56. The highest BCUT2D eigenvalue weighted by molar-refractivity contribution is 5.78. The van der Waals surface area contributed by atoms with Gasteiger partial charge in [-0.1, -0.05) is 5.21 Å². The Morgan fingerprint density at radius 1 is 1.48 bits per heavy atom. The van der Waals surface area contributed by atoms with Crippen molar-refractivity contribution in [3.8, 4) is 5.75 Å². The van der Waals surface area contributed by atoms with Gasteiger partial charge in [-0.15, -0.1) is 5.10 Å². The lowest BCUT2D eigenvalue weighted by Gasteiger charge is -2.19. The summed E-state index contributed by atoms with van der Waals surface area (Å²) in [6.07, 6.45) is 5.08. The molecule has 2 aromatic heterocycles. The first kappa shape index (κ1) is 15.5. The molecule has 0 spiro atoms. The van der Waals surface area contributed by atoms with Crippen LogP contribution in [-0.2, 0) is 29.5 Å². The molecule has 2 atom stereocenters. The van der Waals surface area contributed by atoms with Crippen LogP contribution in [0.1, 0.15) is 12.6 Å². The van der Waals surface area contributed by atoms with Gasteiger partial charge in [0.05, 0.1) is 50.0 Å². The van der Waals surface area contributed by atoms with Gasteiger partial charge in [0.2, 0.25) is 5.91 Å². The molecule has 1 saturated heterocycles. The molecule has 1 amide bonds. The highest BCUT2D eigenvalue weighted by atomic mass is 16.5. The quantitative estimate of drug-likeness (QED) is 0.773. The molecule has 0 saturated carbocycles. The van der Waals surface area contributed by atoms with Crippen LogP contribution in [0.3, 0.4) is 0 Å². The molecule has 0 aliphatic carbocycles. The van der Waals surface area contributed by atoms with Crippen molar-refractivity contribution in [1.29, 1.82) is 0 Å². The summed E-state index contributed by atoms with van der Waals surface area (Å²) < 4.78 is 14.7. The second-order valence-corrected chi connectivity index (χ2v) is 5.43. The van der Waals surface area contributed by atoms with E-state index in [0.717, 1.165) is 12.2 Å². The minimum atomic E-state index is -0.224. The Morgan fingerprint density at radius 3 is 3.04 bits per heavy atom. The number of rotatable bonds is 6. The summed E-state index contributed by atoms with van der Waals surface area (Å²) >= 11 is 0. The van der Waals surface area contributed by atoms with Crippen molar-refractivity contribution < 1.29 is 14.3 Å². The van der Waals surface area contributed by atoms with Gasteiger partial charge < -0.3 is 14.8 Å². The first-order chi connectivity index (χ1) is 11.2. The monoisotopic (exact) mass is 320 g/mol. The molecule has 0 aromatic carbocycles. The number of hydrogen-bond acceptors (Lipinski definition) is 6. The number of nitrogens with zero attached hydrogens (tertiary/aromatic N) is 5. The molecule has 1 aliphatic heterocycles. The van der Waals surface area contributed by atoms with E-state index >= 15 is 0 Å². The van der Waals surface area contributed by atoms with Crippen LogP contribution < -0.4 is 10.1 Å². The summed E-state index contributed by atoms with van der Waals surface area (Å²) in [5.74, 6) is 0.571. The summed E-state index contributed by atoms with van der Waals surface area (Å²) in [5, 5.41) is 14.7. The lowest BCUT2D eigenvalue weighted by molar-refractivity contribution is -0.121. The van der Waals surface area contributed by atoms with E-state index in [0.29, 0.717) is 19.0 Å². The van der Waals surface area contributed by atoms with Gasteiger partial charge >= 0.3 is 0 Å². The maximum Gasteiger partial charge on any atom is 0.226 e. The smallest absolute Gasteiger partial charge is 0.226 e. The van der Waals surface area contributed by atoms with Crippen LogP contribution in [0.5, 0.6) is 5.75 Å². The summed E-state index contributed by atoms with van der Waals surface area (Å²) in [5.41, 5.74) is 0.753. The summed E-state index contributed by atoms with van der Waals surface area (Å²) in [7, 11) is 1.76. The Labute approximate surface area is 133 Å². The van der Waals surface area contributed by atoms with Crippen LogP contribution in [-0.4, -0.2) is 56.0 Å². The second-order valence-electron chi connectivity index (χ2n) is 5.43. The molecular formula is C14H20N6O3. The zero-order chi connectivity index (χ0) is 16.2. The van der Waals surface area contributed by atoms with Gasteiger partial charge in [0.1, 0.15) is 6.10 Å². The average Bonchev–Trinajstić information content (AvgIpc) is 3.24. The third-order valence-electron chi connectivity index (χ3n) is 3.75. The van der Waals surface area contributed by atoms with Gasteiger partial charge in [-0.2, -0.15) is 5.10 Å². The minimum Gasteiger partial charge on any atom is -0.482 e. The molecule has 1 N–H and O–H groups in total. The van der Waals surface area contributed by atoms with Crippen molar-refractivity contribution in [2.24, 2.45) is 7.05 Å². The highest BCUT2D eigenvalue weighted by Crippen LogP contribution is 2.16. The van der Waals surface area contributed by atoms with Gasteiger partial charge in [-0.05, 0) is 6.92 Å². The fourth-order valence-electron chi connectivity index (χ4n) is 2.43. The second kappa shape index (κ2) is 6.78. The third kappa shape index (κ3) is 3.67. The number of aromatic nitrogens is 5. The van der Waals surface area contributed by atoms with E-state index in [2.05, 4.69) is 20.7 Å².